The molecule has 1 saturated heterocycles. The molecule has 24 heavy (non-hydrogen) atoms. The maximum Gasteiger partial charge on any atom is 0.237 e. The van der Waals surface area contributed by atoms with Crippen LogP contribution in [0.1, 0.15) is 28.7 Å². The van der Waals surface area contributed by atoms with Crippen molar-refractivity contribution < 1.29 is 4.79 Å². The normalized spacial score (nSPS) is 19.9. The number of β-lactam (4-membered cyclic amide) rings is 1. The number of benzene rings is 3. The molecule has 1 aliphatic heterocycles. The van der Waals surface area contributed by atoms with E-state index in [1.807, 2.05) is 59.5 Å². The summed E-state index contributed by atoms with van der Waals surface area (Å²) in [5.41, 5.74) is 4.42. The van der Waals surface area contributed by atoms with Crippen molar-refractivity contribution in [3.05, 3.63) is 102 Å². The van der Waals surface area contributed by atoms with E-state index in [0.29, 0.717) is 0 Å². The number of aryl methyl sites for hydroxylation is 1. The van der Waals surface area contributed by atoms with Gasteiger partial charge in [-0.3, -0.25) is 4.79 Å². The average molecular weight is 313 g/mol. The first-order valence-electron chi connectivity index (χ1n) is 8.25. The fraction of sp³-hybridized carbons (Fsp3) is 0.136. The van der Waals surface area contributed by atoms with Crippen LogP contribution in [0.25, 0.3) is 0 Å². The Balaban J connectivity index is 1.79. The molecule has 1 heterocycles. The van der Waals surface area contributed by atoms with E-state index in [-0.39, 0.29) is 17.9 Å². The monoisotopic (exact) mass is 313 g/mol. The van der Waals surface area contributed by atoms with Gasteiger partial charge in [0.25, 0.3) is 0 Å². The summed E-state index contributed by atoms with van der Waals surface area (Å²) >= 11 is 0. The molecule has 0 radical (unpaired) electrons. The molecule has 118 valence electrons. The summed E-state index contributed by atoms with van der Waals surface area (Å²) in [7, 11) is 0. The highest BCUT2D eigenvalue weighted by atomic mass is 16.2. The van der Waals surface area contributed by atoms with Crippen LogP contribution in [0.15, 0.2) is 84.9 Å². The molecule has 2 heteroatoms. The highest BCUT2D eigenvalue weighted by molar-refractivity contribution is 6.06. The number of rotatable bonds is 3. The standard InChI is InChI=1S/C22H19NO/c1-16-9-8-12-18(15-16)20-21(17-10-4-2-5-11-17)23(22(20)24)19-13-6-3-7-14-19/h2-15,20-21H,1H3. The van der Waals surface area contributed by atoms with Crippen LogP contribution in [0, 0.1) is 6.92 Å². The predicted molar refractivity (Wildman–Crippen MR) is 97.0 cm³/mol. The third kappa shape index (κ3) is 2.41. The molecule has 0 bridgehead atoms. The zero-order chi connectivity index (χ0) is 16.5. The minimum atomic E-state index is -0.118. The SMILES string of the molecule is Cc1cccc(C2C(=O)N(c3ccccc3)C2c2ccccc2)c1. The molecule has 0 aliphatic carbocycles. The second-order valence-electron chi connectivity index (χ2n) is 6.29. The van der Waals surface area contributed by atoms with Crippen molar-refractivity contribution >= 4 is 11.6 Å². The Morgan fingerprint density at radius 3 is 2.04 bits per heavy atom. The van der Waals surface area contributed by atoms with Gasteiger partial charge in [0.2, 0.25) is 5.91 Å². The average Bonchev–Trinajstić information content (AvgIpc) is 2.61. The molecule has 1 aliphatic rings. The van der Waals surface area contributed by atoms with Crippen LogP contribution in [0.3, 0.4) is 0 Å². The van der Waals surface area contributed by atoms with Crippen molar-refractivity contribution in [3.63, 3.8) is 0 Å². The van der Waals surface area contributed by atoms with Gasteiger partial charge in [-0.2, -0.15) is 0 Å². The summed E-state index contributed by atoms with van der Waals surface area (Å²) in [4.78, 5) is 14.9. The fourth-order valence-corrected chi connectivity index (χ4v) is 3.55. The van der Waals surface area contributed by atoms with Crippen LogP contribution in [0.2, 0.25) is 0 Å². The highest BCUT2D eigenvalue weighted by Gasteiger charge is 2.49. The van der Waals surface area contributed by atoms with Crippen molar-refractivity contribution in [2.24, 2.45) is 0 Å². The van der Waals surface area contributed by atoms with Gasteiger partial charge in [-0.1, -0.05) is 78.4 Å². The maximum absolute atomic E-state index is 13.0. The number of hydrogen-bond acceptors (Lipinski definition) is 1. The van der Waals surface area contributed by atoms with Crippen LogP contribution < -0.4 is 4.90 Å². The van der Waals surface area contributed by atoms with Crippen molar-refractivity contribution in [1.29, 1.82) is 0 Å². The number of anilines is 1. The molecule has 3 aromatic rings. The Hall–Kier alpha value is -2.87. The van der Waals surface area contributed by atoms with Crippen LogP contribution in [-0.4, -0.2) is 5.91 Å². The lowest BCUT2D eigenvalue weighted by atomic mass is 9.77. The molecular formula is C22H19NO. The summed E-state index contributed by atoms with van der Waals surface area (Å²) in [5.74, 6) is 0.0492. The number of hydrogen-bond donors (Lipinski definition) is 0. The van der Waals surface area contributed by atoms with Gasteiger partial charge in [0.15, 0.2) is 0 Å². The second-order valence-corrected chi connectivity index (χ2v) is 6.29. The van der Waals surface area contributed by atoms with E-state index < -0.39 is 0 Å². The quantitative estimate of drug-likeness (QED) is 0.632. The predicted octanol–water partition coefficient (Wildman–Crippen LogP) is 4.87. The summed E-state index contributed by atoms with van der Waals surface area (Å²) in [6.45, 7) is 2.07. The van der Waals surface area contributed by atoms with E-state index in [2.05, 4.69) is 37.3 Å². The van der Waals surface area contributed by atoms with E-state index >= 15 is 0 Å². The topological polar surface area (TPSA) is 20.3 Å². The first-order chi connectivity index (χ1) is 11.8. The smallest absolute Gasteiger partial charge is 0.237 e. The van der Waals surface area contributed by atoms with E-state index in [9.17, 15) is 4.79 Å². The molecule has 2 unspecified atom stereocenters. The number of para-hydroxylation sites is 1. The van der Waals surface area contributed by atoms with Crippen molar-refractivity contribution in [2.45, 2.75) is 18.9 Å². The molecule has 0 aromatic heterocycles. The first kappa shape index (κ1) is 14.7. The Kier molecular flexibility index (Phi) is 3.66. The summed E-state index contributed by atoms with van der Waals surface area (Å²) in [6.07, 6.45) is 0. The minimum Gasteiger partial charge on any atom is -0.303 e. The number of carbonyl (C=O) groups is 1. The molecule has 2 nitrogen and oxygen atoms in total. The van der Waals surface area contributed by atoms with Crippen LogP contribution in [0.4, 0.5) is 5.69 Å². The van der Waals surface area contributed by atoms with Gasteiger partial charge in [-0.05, 0) is 30.2 Å². The third-order valence-corrected chi connectivity index (χ3v) is 4.67. The van der Waals surface area contributed by atoms with E-state index in [1.165, 1.54) is 11.1 Å². The lowest BCUT2D eigenvalue weighted by molar-refractivity contribution is -0.126. The van der Waals surface area contributed by atoms with E-state index in [0.717, 1.165) is 11.3 Å². The zero-order valence-corrected chi connectivity index (χ0v) is 13.6. The highest BCUT2D eigenvalue weighted by Crippen LogP contribution is 2.48. The Bertz CT molecular complexity index is 857. The van der Waals surface area contributed by atoms with Gasteiger partial charge in [0, 0.05) is 5.69 Å². The van der Waals surface area contributed by atoms with Gasteiger partial charge < -0.3 is 4.90 Å². The lowest BCUT2D eigenvalue weighted by Gasteiger charge is -2.47. The fourth-order valence-electron chi connectivity index (χ4n) is 3.55. The Labute approximate surface area is 142 Å². The summed E-state index contributed by atoms with van der Waals surface area (Å²) in [5, 5.41) is 0. The van der Waals surface area contributed by atoms with Crippen molar-refractivity contribution in [2.75, 3.05) is 4.90 Å². The number of nitrogens with zero attached hydrogens (tertiary/aromatic N) is 1. The molecule has 4 rings (SSSR count). The lowest BCUT2D eigenvalue weighted by Crippen LogP contribution is -2.53. The summed E-state index contributed by atoms with van der Waals surface area (Å²) in [6, 6.07) is 28.6. The second kappa shape index (κ2) is 5.97. The Morgan fingerprint density at radius 2 is 1.38 bits per heavy atom. The largest absolute Gasteiger partial charge is 0.303 e. The van der Waals surface area contributed by atoms with Crippen LogP contribution >= 0.6 is 0 Å². The Morgan fingerprint density at radius 1 is 0.750 bits per heavy atom. The first-order valence-corrected chi connectivity index (χ1v) is 8.25. The van der Waals surface area contributed by atoms with E-state index in [4.69, 9.17) is 0 Å². The molecule has 1 fully saturated rings. The van der Waals surface area contributed by atoms with Crippen molar-refractivity contribution in [3.8, 4) is 0 Å². The minimum absolute atomic E-state index is 0.0444. The van der Waals surface area contributed by atoms with Gasteiger partial charge in [0.05, 0.1) is 12.0 Å². The number of amides is 1. The van der Waals surface area contributed by atoms with Gasteiger partial charge in [0.1, 0.15) is 0 Å². The molecule has 0 spiro atoms. The molecule has 1 amide bonds. The van der Waals surface area contributed by atoms with E-state index in [1.54, 1.807) is 0 Å². The molecule has 0 saturated carbocycles. The maximum atomic E-state index is 13.0. The van der Waals surface area contributed by atoms with Gasteiger partial charge >= 0.3 is 0 Å². The molecule has 2 atom stereocenters. The van der Waals surface area contributed by atoms with Crippen LogP contribution in [0.5, 0.6) is 0 Å². The molecule has 3 aromatic carbocycles. The summed E-state index contributed by atoms with van der Waals surface area (Å²) < 4.78 is 0. The molecule has 0 N–H and O–H groups in total. The van der Waals surface area contributed by atoms with Gasteiger partial charge in [-0.15, -0.1) is 0 Å². The molecular weight excluding hydrogens is 294 g/mol. The third-order valence-electron chi connectivity index (χ3n) is 4.67. The van der Waals surface area contributed by atoms with Crippen molar-refractivity contribution in [1.82, 2.24) is 0 Å². The van der Waals surface area contributed by atoms with Gasteiger partial charge in [-0.25, -0.2) is 0 Å². The zero-order valence-electron chi connectivity index (χ0n) is 13.6. The van der Waals surface area contributed by atoms with Crippen LogP contribution in [-0.2, 0) is 4.79 Å². The number of carbonyl (C=O) groups excluding carboxylic acids is 1.